The number of nitrogens with zero attached hydrogens (tertiary/aromatic N) is 3. The SMILES string of the molecule is Cc1cc(Sc2nnc(C)o2)c(C(=O)O)cn1. The molecule has 0 aliphatic carbocycles. The molecule has 0 spiro atoms. The van der Waals surface area contributed by atoms with Crippen LogP contribution in [0.4, 0.5) is 0 Å². The standard InChI is InChI=1S/C10H9N3O3S/c1-5-3-8(7(4-11-5)9(14)15)17-10-13-12-6(2)16-10/h3-4H,1-2H3,(H,14,15). The Hall–Kier alpha value is -1.89. The van der Waals surface area contributed by atoms with Gasteiger partial charge in [0.1, 0.15) is 0 Å². The highest BCUT2D eigenvalue weighted by molar-refractivity contribution is 7.99. The fourth-order valence-corrected chi connectivity index (χ4v) is 2.11. The largest absolute Gasteiger partial charge is 0.478 e. The quantitative estimate of drug-likeness (QED) is 0.891. The molecule has 2 aromatic heterocycles. The topological polar surface area (TPSA) is 89.1 Å². The Labute approximate surface area is 101 Å². The highest BCUT2D eigenvalue weighted by Gasteiger charge is 2.14. The molecule has 0 bridgehead atoms. The van der Waals surface area contributed by atoms with Crippen LogP contribution in [0.25, 0.3) is 0 Å². The third-order valence-corrected chi connectivity index (χ3v) is 2.84. The van der Waals surface area contributed by atoms with Crippen LogP contribution in [0.1, 0.15) is 21.9 Å². The highest BCUT2D eigenvalue weighted by atomic mass is 32.2. The van der Waals surface area contributed by atoms with Gasteiger partial charge in [0, 0.05) is 23.7 Å². The van der Waals surface area contributed by atoms with Crippen molar-refractivity contribution in [2.24, 2.45) is 0 Å². The summed E-state index contributed by atoms with van der Waals surface area (Å²) in [6, 6.07) is 1.67. The third-order valence-electron chi connectivity index (χ3n) is 1.94. The molecule has 0 aromatic carbocycles. The van der Waals surface area contributed by atoms with Crippen LogP contribution in [0.5, 0.6) is 0 Å². The van der Waals surface area contributed by atoms with Crippen molar-refractivity contribution >= 4 is 17.7 Å². The molecule has 0 unspecified atom stereocenters. The van der Waals surface area contributed by atoms with Gasteiger partial charge in [-0.3, -0.25) is 4.98 Å². The molecule has 0 atom stereocenters. The summed E-state index contributed by atoms with van der Waals surface area (Å²) in [6.07, 6.45) is 1.32. The van der Waals surface area contributed by atoms with E-state index >= 15 is 0 Å². The summed E-state index contributed by atoms with van der Waals surface area (Å²) in [6.45, 7) is 3.46. The van der Waals surface area contributed by atoms with Crippen molar-refractivity contribution in [2.75, 3.05) is 0 Å². The van der Waals surface area contributed by atoms with Crippen molar-refractivity contribution in [2.45, 2.75) is 24.0 Å². The van der Waals surface area contributed by atoms with Gasteiger partial charge in [-0.1, -0.05) is 0 Å². The molecule has 0 saturated carbocycles. The first-order valence-corrected chi connectivity index (χ1v) is 5.56. The van der Waals surface area contributed by atoms with Crippen molar-refractivity contribution < 1.29 is 14.3 Å². The monoisotopic (exact) mass is 251 g/mol. The second kappa shape index (κ2) is 4.54. The molecular formula is C10H9N3O3S. The van der Waals surface area contributed by atoms with E-state index in [9.17, 15) is 4.79 Å². The van der Waals surface area contributed by atoms with E-state index in [1.807, 2.05) is 0 Å². The molecule has 2 aromatic rings. The smallest absolute Gasteiger partial charge is 0.338 e. The number of carboxylic acid groups (broad SMARTS) is 1. The summed E-state index contributed by atoms with van der Waals surface area (Å²) in [5, 5.41) is 16.8. The summed E-state index contributed by atoms with van der Waals surface area (Å²) in [5.41, 5.74) is 0.852. The van der Waals surface area contributed by atoms with Gasteiger partial charge in [-0.05, 0) is 24.8 Å². The van der Waals surface area contributed by atoms with Gasteiger partial charge in [0.25, 0.3) is 5.22 Å². The van der Waals surface area contributed by atoms with Gasteiger partial charge in [0.15, 0.2) is 0 Å². The number of aromatic carboxylic acids is 1. The predicted octanol–water partition coefficient (Wildman–Crippen LogP) is 1.93. The van der Waals surface area contributed by atoms with Crippen LogP contribution in [-0.2, 0) is 0 Å². The predicted molar refractivity (Wildman–Crippen MR) is 59.1 cm³/mol. The van der Waals surface area contributed by atoms with Gasteiger partial charge in [0.05, 0.1) is 5.56 Å². The van der Waals surface area contributed by atoms with Gasteiger partial charge in [-0.2, -0.15) is 0 Å². The van der Waals surface area contributed by atoms with E-state index in [1.54, 1.807) is 19.9 Å². The first kappa shape index (κ1) is 11.6. The van der Waals surface area contributed by atoms with E-state index in [0.717, 1.165) is 17.5 Å². The second-order valence-corrected chi connectivity index (χ2v) is 4.31. The lowest BCUT2D eigenvalue weighted by Gasteiger charge is -2.03. The Kier molecular flexibility index (Phi) is 3.10. The van der Waals surface area contributed by atoms with E-state index < -0.39 is 5.97 Å². The zero-order valence-corrected chi connectivity index (χ0v) is 9.98. The van der Waals surface area contributed by atoms with E-state index in [4.69, 9.17) is 9.52 Å². The average Bonchev–Trinajstić information content (AvgIpc) is 2.63. The Morgan fingerprint density at radius 1 is 1.41 bits per heavy atom. The van der Waals surface area contributed by atoms with Crippen molar-refractivity contribution in [1.29, 1.82) is 0 Å². The van der Waals surface area contributed by atoms with Crippen LogP contribution in [0.2, 0.25) is 0 Å². The number of carboxylic acids is 1. The summed E-state index contributed by atoms with van der Waals surface area (Å²) in [7, 11) is 0. The third kappa shape index (κ3) is 2.62. The summed E-state index contributed by atoms with van der Waals surface area (Å²) in [4.78, 5) is 15.5. The maximum atomic E-state index is 11.0. The molecule has 0 amide bonds. The Balaban J connectivity index is 2.37. The lowest BCUT2D eigenvalue weighted by Crippen LogP contribution is -2.00. The molecule has 6 nitrogen and oxygen atoms in total. The maximum Gasteiger partial charge on any atom is 0.338 e. The van der Waals surface area contributed by atoms with Crippen molar-refractivity contribution in [3.05, 3.63) is 29.4 Å². The normalized spacial score (nSPS) is 10.5. The van der Waals surface area contributed by atoms with Crippen molar-refractivity contribution in [3.63, 3.8) is 0 Å². The van der Waals surface area contributed by atoms with Crippen LogP contribution in [0.15, 0.2) is 26.8 Å². The zero-order valence-electron chi connectivity index (χ0n) is 9.17. The van der Waals surface area contributed by atoms with Gasteiger partial charge < -0.3 is 9.52 Å². The Morgan fingerprint density at radius 2 is 2.18 bits per heavy atom. The number of hydrogen-bond acceptors (Lipinski definition) is 6. The molecule has 2 rings (SSSR count). The van der Waals surface area contributed by atoms with E-state index in [0.29, 0.717) is 16.0 Å². The van der Waals surface area contributed by atoms with Crippen molar-refractivity contribution in [3.8, 4) is 0 Å². The van der Waals surface area contributed by atoms with Crippen LogP contribution in [0.3, 0.4) is 0 Å². The average molecular weight is 251 g/mol. The van der Waals surface area contributed by atoms with Gasteiger partial charge >= 0.3 is 5.97 Å². The number of aromatic nitrogens is 3. The number of carbonyl (C=O) groups is 1. The van der Waals surface area contributed by atoms with E-state index in [2.05, 4.69) is 15.2 Å². The molecule has 0 saturated heterocycles. The number of rotatable bonds is 3. The fraction of sp³-hybridized carbons (Fsp3) is 0.200. The molecule has 0 aliphatic rings. The maximum absolute atomic E-state index is 11.0. The Morgan fingerprint density at radius 3 is 2.76 bits per heavy atom. The molecule has 0 fully saturated rings. The second-order valence-electron chi connectivity index (χ2n) is 3.32. The minimum atomic E-state index is -1.03. The highest BCUT2D eigenvalue weighted by Crippen LogP contribution is 2.29. The molecule has 0 aliphatic heterocycles. The molecular weight excluding hydrogens is 242 g/mol. The minimum absolute atomic E-state index is 0.122. The first-order chi connectivity index (χ1) is 8.06. The van der Waals surface area contributed by atoms with Crippen LogP contribution in [0, 0.1) is 13.8 Å². The first-order valence-electron chi connectivity index (χ1n) is 4.74. The molecule has 2 heterocycles. The number of pyridine rings is 1. The van der Waals surface area contributed by atoms with Gasteiger partial charge in [-0.25, -0.2) is 4.79 Å². The van der Waals surface area contributed by atoms with Crippen LogP contribution in [-0.4, -0.2) is 26.3 Å². The van der Waals surface area contributed by atoms with Crippen LogP contribution < -0.4 is 0 Å². The molecule has 17 heavy (non-hydrogen) atoms. The fourth-order valence-electron chi connectivity index (χ4n) is 1.19. The summed E-state index contributed by atoms with van der Waals surface area (Å²) >= 11 is 1.12. The van der Waals surface area contributed by atoms with Crippen LogP contribution >= 0.6 is 11.8 Å². The summed E-state index contributed by atoms with van der Waals surface area (Å²) < 4.78 is 5.19. The van der Waals surface area contributed by atoms with Gasteiger partial charge in [-0.15, -0.1) is 10.2 Å². The lowest BCUT2D eigenvalue weighted by molar-refractivity contribution is 0.0692. The molecule has 88 valence electrons. The Bertz CT molecular complexity index is 568. The van der Waals surface area contributed by atoms with Crippen molar-refractivity contribution in [1.82, 2.24) is 15.2 Å². The van der Waals surface area contributed by atoms with E-state index in [1.165, 1.54) is 6.20 Å². The number of aryl methyl sites for hydroxylation is 2. The lowest BCUT2D eigenvalue weighted by atomic mass is 10.2. The molecule has 1 N–H and O–H groups in total. The zero-order chi connectivity index (χ0) is 12.4. The molecule has 7 heteroatoms. The van der Waals surface area contributed by atoms with E-state index in [-0.39, 0.29) is 5.56 Å². The van der Waals surface area contributed by atoms with Gasteiger partial charge in [0.2, 0.25) is 5.89 Å². The molecule has 0 radical (unpaired) electrons. The minimum Gasteiger partial charge on any atom is -0.478 e. The summed E-state index contributed by atoms with van der Waals surface area (Å²) in [5.74, 6) is -0.591. The number of hydrogen-bond donors (Lipinski definition) is 1.